The van der Waals surface area contributed by atoms with Crippen molar-refractivity contribution in [2.45, 2.75) is 44.2 Å². The Labute approximate surface area is 117 Å². The number of primary amides is 1. The molecule has 6 nitrogen and oxygen atoms in total. The van der Waals surface area contributed by atoms with Crippen molar-refractivity contribution in [1.29, 1.82) is 0 Å². The molecule has 1 aliphatic carbocycles. The highest BCUT2D eigenvalue weighted by molar-refractivity contribution is 6.02. The summed E-state index contributed by atoms with van der Waals surface area (Å²) in [7, 11) is 0. The van der Waals surface area contributed by atoms with Crippen molar-refractivity contribution >= 4 is 17.6 Å². The molecular weight excluding hydrogens is 256 g/mol. The smallest absolute Gasteiger partial charge is 0.250 e. The van der Waals surface area contributed by atoms with Crippen molar-refractivity contribution in [2.75, 3.05) is 4.90 Å². The Morgan fingerprint density at radius 1 is 1.30 bits per heavy atom. The van der Waals surface area contributed by atoms with Crippen molar-refractivity contribution in [3.8, 4) is 0 Å². The number of anilines is 1. The number of fused-ring (bicyclic) bond motifs is 1. The third-order valence-corrected chi connectivity index (χ3v) is 4.17. The molecule has 0 aromatic carbocycles. The summed E-state index contributed by atoms with van der Waals surface area (Å²) < 4.78 is 0. The number of pyridine rings is 1. The Morgan fingerprint density at radius 3 is 2.65 bits per heavy atom. The third-order valence-electron chi connectivity index (χ3n) is 4.17. The topological polar surface area (TPSA) is 102 Å². The lowest BCUT2D eigenvalue weighted by molar-refractivity contribution is -0.118. The molecule has 106 valence electrons. The summed E-state index contributed by atoms with van der Waals surface area (Å²) in [5.74, 6) is 0.213. The van der Waals surface area contributed by atoms with Crippen LogP contribution in [-0.2, 0) is 11.2 Å². The highest BCUT2D eigenvalue weighted by atomic mass is 16.2. The van der Waals surface area contributed by atoms with Gasteiger partial charge in [0.2, 0.25) is 11.8 Å². The second-order valence-electron chi connectivity index (χ2n) is 5.58. The van der Waals surface area contributed by atoms with E-state index >= 15 is 0 Å². The van der Waals surface area contributed by atoms with E-state index in [9.17, 15) is 9.59 Å². The number of nitrogens with zero attached hydrogens (tertiary/aromatic N) is 2. The Kier molecular flexibility index (Phi) is 3.17. The average molecular weight is 274 g/mol. The van der Waals surface area contributed by atoms with Crippen LogP contribution in [0, 0.1) is 0 Å². The van der Waals surface area contributed by atoms with Gasteiger partial charge in [0.15, 0.2) is 0 Å². The van der Waals surface area contributed by atoms with E-state index in [0.717, 1.165) is 31.2 Å². The molecule has 0 radical (unpaired) electrons. The fourth-order valence-corrected chi connectivity index (χ4v) is 3.09. The first-order chi connectivity index (χ1) is 9.56. The van der Waals surface area contributed by atoms with Gasteiger partial charge in [-0.05, 0) is 31.7 Å². The molecule has 0 saturated heterocycles. The van der Waals surface area contributed by atoms with Crippen LogP contribution in [0.25, 0.3) is 0 Å². The molecule has 2 aliphatic rings. The summed E-state index contributed by atoms with van der Waals surface area (Å²) in [6, 6.07) is 2.10. The molecule has 0 unspecified atom stereocenters. The quantitative estimate of drug-likeness (QED) is 0.811. The van der Waals surface area contributed by atoms with E-state index in [0.29, 0.717) is 17.8 Å². The zero-order valence-corrected chi connectivity index (χ0v) is 11.2. The van der Waals surface area contributed by atoms with E-state index in [-0.39, 0.29) is 18.0 Å². The largest absolute Gasteiger partial charge is 0.366 e. The van der Waals surface area contributed by atoms with Crippen LogP contribution < -0.4 is 16.4 Å². The first kappa shape index (κ1) is 13.1. The van der Waals surface area contributed by atoms with E-state index in [1.807, 2.05) is 0 Å². The van der Waals surface area contributed by atoms with Crippen LogP contribution in [0.1, 0.15) is 41.6 Å². The lowest BCUT2D eigenvalue weighted by Crippen LogP contribution is -2.43. The number of hydrogen-bond acceptors (Lipinski definition) is 4. The van der Waals surface area contributed by atoms with Gasteiger partial charge in [0.05, 0.1) is 12.0 Å². The number of amides is 2. The van der Waals surface area contributed by atoms with Gasteiger partial charge in [-0.3, -0.25) is 14.5 Å². The summed E-state index contributed by atoms with van der Waals surface area (Å²) in [5.41, 5.74) is 12.3. The molecule has 1 aliphatic heterocycles. The molecular formula is C14H18N4O2. The first-order valence-corrected chi connectivity index (χ1v) is 6.92. The monoisotopic (exact) mass is 274 g/mol. The maximum Gasteiger partial charge on any atom is 0.250 e. The van der Waals surface area contributed by atoms with Crippen LogP contribution in [0.3, 0.4) is 0 Å². The summed E-state index contributed by atoms with van der Waals surface area (Å²) >= 11 is 0. The molecule has 6 heteroatoms. The number of aromatic nitrogens is 1. The van der Waals surface area contributed by atoms with Gasteiger partial charge >= 0.3 is 0 Å². The van der Waals surface area contributed by atoms with Crippen molar-refractivity contribution in [3.63, 3.8) is 0 Å². The van der Waals surface area contributed by atoms with E-state index in [4.69, 9.17) is 11.5 Å². The molecule has 20 heavy (non-hydrogen) atoms. The van der Waals surface area contributed by atoms with E-state index < -0.39 is 5.91 Å². The van der Waals surface area contributed by atoms with E-state index in [1.54, 1.807) is 11.0 Å². The van der Waals surface area contributed by atoms with Gasteiger partial charge in [-0.15, -0.1) is 0 Å². The van der Waals surface area contributed by atoms with E-state index in [2.05, 4.69) is 4.98 Å². The lowest BCUT2D eigenvalue weighted by Gasteiger charge is -2.33. The third kappa shape index (κ3) is 2.16. The highest BCUT2D eigenvalue weighted by Gasteiger charge is 2.36. The van der Waals surface area contributed by atoms with Gasteiger partial charge in [-0.2, -0.15) is 0 Å². The molecule has 1 fully saturated rings. The van der Waals surface area contributed by atoms with Gasteiger partial charge in [0.25, 0.3) is 0 Å². The van der Waals surface area contributed by atoms with Gasteiger partial charge in [-0.1, -0.05) is 0 Å². The minimum Gasteiger partial charge on any atom is -0.366 e. The summed E-state index contributed by atoms with van der Waals surface area (Å²) in [6.07, 6.45) is 5.43. The molecule has 1 aromatic heterocycles. The average Bonchev–Trinajstić information content (AvgIpc) is 2.74. The molecule has 1 saturated carbocycles. The van der Waals surface area contributed by atoms with Crippen LogP contribution in [-0.4, -0.2) is 28.9 Å². The maximum atomic E-state index is 12.2. The molecule has 2 heterocycles. The Bertz CT molecular complexity index is 564. The van der Waals surface area contributed by atoms with Crippen molar-refractivity contribution < 1.29 is 9.59 Å². The summed E-state index contributed by atoms with van der Waals surface area (Å²) in [6.45, 7) is 0. The summed E-state index contributed by atoms with van der Waals surface area (Å²) in [4.78, 5) is 29.5. The zero-order chi connectivity index (χ0) is 14.3. The minimum absolute atomic E-state index is 0.0505. The Morgan fingerprint density at radius 2 is 2.00 bits per heavy atom. The minimum atomic E-state index is -0.519. The second-order valence-corrected chi connectivity index (χ2v) is 5.58. The molecule has 1 aromatic rings. The lowest BCUT2D eigenvalue weighted by atomic mass is 9.91. The molecule has 3 rings (SSSR count). The fraction of sp³-hybridized carbons (Fsp3) is 0.500. The fourth-order valence-electron chi connectivity index (χ4n) is 3.09. The molecule has 0 bridgehead atoms. The number of hydrogen-bond donors (Lipinski definition) is 2. The second kappa shape index (κ2) is 4.86. The molecule has 4 N–H and O–H groups in total. The maximum absolute atomic E-state index is 12.2. The van der Waals surface area contributed by atoms with Gasteiger partial charge < -0.3 is 11.5 Å². The van der Waals surface area contributed by atoms with Crippen molar-refractivity contribution in [1.82, 2.24) is 4.98 Å². The number of carbonyl (C=O) groups excluding carboxylic acids is 2. The van der Waals surface area contributed by atoms with Crippen LogP contribution in [0.4, 0.5) is 5.82 Å². The molecule has 0 spiro atoms. The SMILES string of the molecule is NC(=O)c1cnc2c(c1)CC(=O)N2C1CCC(N)CC1. The highest BCUT2D eigenvalue weighted by Crippen LogP contribution is 2.33. The predicted molar refractivity (Wildman–Crippen MR) is 74.2 cm³/mol. The van der Waals surface area contributed by atoms with Gasteiger partial charge in [0, 0.05) is 23.8 Å². The number of nitrogens with two attached hydrogens (primary N) is 2. The number of rotatable bonds is 2. The van der Waals surface area contributed by atoms with Crippen LogP contribution in [0.2, 0.25) is 0 Å². The number of carbonyl (C=O) groups is 2. The van der Waals surface area contributed by atoms with E-state index in [1.165, 1.54) is 6.20 Å². The Hall–Kier alpha value is -1.95. The standard InChI is InChI=1S/C14H18N4O2/c15-10-1-3-11(4-2-10)18-12(19)6-8-5-9(13(16)20)7-17-14(8)18/h5,7,10-11H,1-4,6,15H2,(H2,16,20). The normalized spacial score (nSPS) is 25.6. The van der Waals surface area contributed by atoms with Crippen LogP contribution in [0.15, 0.2) is 12.3 Å². The van der Waals surface area contributed by atoms with Gasteiger partial charge in [0.1, 0.15) is 5.82 Å². The molecule has 0 atom stereocenters. The van der Waals surface area contributed by atoms with Crippen molar-refractivity contribution in [2.24, 2.45) is 11.5 Å². The molecule has 2 amide bonds. The predicted octanol–water partition coefficient (Wildman–Crippen LogP) is 0.339. The zero-order valence-electron chi connectivity index (χ0n) is 11.2. The Balaban J connectivity index is 1.88. The van der Waals surface area contributed by atoms with Crippen LogP contribution >= 0.6 is 0 Å². The van der Waals surface area contributed by atoms with Gasteiger partial charge in [-0.25, -0.2) is 4.98 Å². The van der Waals surface area contributed by atoms with Crippen LogP contribution in [0.5, 0.6) is 0 Å². The summed E-state index contributed by atoms with van der Waals surface area (Å²) in [5, 5.41) is 0. The van der Waals surface area contributed by atoms with Crippen molar-refractivity contribution in [3.05, 3.63) is 23.4 Å². The first-order valence-electron chi connectivity index (χ1n) is 6.92.